The predicted octanol–water partition coefficient (Wildman–Crippen LogP) is 2.29. The van der Waals surface area contributed by atoms with Crippen LogP contribution in [0.5, 0.6) is 0 Å². The van der Waals surface area contributed by atoms with Crippen molar-refractivity contribution in [2.45, 2.75) is 57.3 Å². The molecule has 2 aliphatic heterocycles. The molecule has 1 atom stereocenters. The van der Waals surface area contributed by atoms with Gasteiger partial charge in [-0.25, -0.2) is 0 Å². The molecule has 3 nitrogen and oxygen atoms in total. The number of carbonyl (C=O) groups is 2. The van der Waals surface area contributed by atoms with Crippen molar-refractivity contribution in [3.63, 3.8) is 0 Å². The van der Waals surface area contributed by atoms with E-state index in [-0.39, 0.29) is 5.91 Å². The fourth-order valence-electron chi connectivity index (χ4n) is 4.07. The zero-order chi connectivity index (χ0) is 13.1. The fraction of sp³-hybridized carbons (Fsp3) is 0.714. The monoisotopic (exact) mass is 263 g/mol. The van der Waals surface area contributed by atoms with Crippen LogP contribution in [0, 0.1) is 0 Å². The van der Waals surface area contributed by atoms with E-state index >= 15 is 0 Å². The fourth-order valence-corrected chi connectivity index (χ4v) is 6.09. The number of amides is 1. The SMILES string of the molecule is C[Si](C)(C)C1=C2CCCC23C(=O)CCCN3C1=O. The van der Waals surface area contributed by atoms with Gasteiger partial charge in [0, 0.05) is 18.2 Å². The summed E-state index contributed by atoms with van der Waals surface area (Å²) in [7, 11) is -1.66. The van der Waals surface area contributed by atoms with Crippen LogP contribution >= 0.6 is 0 Å². The van der Waals surface area contributed by atoms with Gasteiger partial charge in [-0.1, -0.05) is 19.6 Å². The van der Waals surface area contributed by atoms with E-state index in [1.54, 1.807) is 0 Å². The van der Waals surface area contributed by atoms with Crippen molar-refractivity contribution in [1.82, 2.24) is 4.90 Å². The van der Waals surface area contributed by atoms with E-state index in [0.717, 1.165) is 37.4 Å². The molecule has 0 aromatic heterocycles. The molecular weight excluding hydrogens is 242 g/mol. The van der Waals surface area contributed by atoms with Crippen molar-refractivity contribution < 1.29 is 9.59 Å². The molecular formula is C14H21NO2Si. The molecule has 1 saturated heterocycles. The lowest BCUT2D eigenvalue weighted by Crippen LogP contribution is -2.55. The van der Waals surface area contributed by atoms with Gasteiger partial charge in [0.25, 0.3) is 0 Å². The van der Waals surface area contributed by atoms with Crippen molar-refractivity contribution in [1.29, 1.82) is 0 Å². The molecule has 1 aliphatic carbocycles. The number of ketones is 1. The molecule has 1 amide bonds. The normalized spacial score (nSPS) is 32.1. The minimum absolute atomic E-state index is 0.192. The maximum atomic E-state index is 12.7. The molecule has 98 valence electrons. The lowest BCUT2D eigenvalue weighted by molar-refractivity contribution is -0.142. The highest BCUT2D eigenvalue weighted by molar-refractivity contribution is 6.87. The van der Waals surface area contributed by atoms with Crippen LogP contribution in [0.3, 0.4) is 0 Å². The lowest BCUT2D eigenvalue weighted by atomic mass is 9.83. The van der Waals surface area contributed by atoms with E-state index < -0.39 is 13.6 Å². The van der Waals surface area contributed by atoms with Crippen LogP contribution in [0.25, 0.3) is 0 Å². The summed E-state index contributed by atoms with van der Waals surface area (Å²) in [5.74, 6) is 0.500. The van der Waals surface area contributed by atoms with E-state index in [1.165, 1.54) is 5.57 Å². The second-order valence-electron chi connectivity index (χ2n) is 6.80. The third kappa shape index (κ3) is 1.30. The summed E-state index contributed by atoms with van der Waals surface area (Å²) >= 11 is 0. The first-order valence-electron chi connectivity index (χ1n) is 6.98. The van der Waals surface area contributed by atoms with Gasteiger partial charge >= 0.3 is 0 Å². The van der Waals surface area contributed by atoms with E-state index in [0.29, 0.717) is 12.2 Å². The number of nitrogens with zero attached hydrogens (tertiary/aromatic N) is 1. The van der Waals surface area contributed by atoms with Crippen LogP contribution in [0.2, 0.25) is 19.6 Å². The van der Waals surface area contributed by atoms with E-state index in [9.17, 15) is 9.59 Å². The highest BCUT2D eigenvalue weighted by Gasteiger charge is 2.60. The molecule has 1 saturated carbocycles. The molecule has 2 fully saturated rings. The standard InChI is InChI=1S/C14H21NO2Si/c1-18(2,3)12-10-6-4-8-14(10)11(16)7-5-9-15(14)13(12)17/h4-9H2,1-3H3. The smallest absolute Gasteiger partial charge is 0.246 e. The van der Waals surface area contributed by atoms with Gasteiger partial charge < -0.3 is 4.90 Å². The molecule has 4 heteroatoms. The Morgan fingerprint density at radius 1 is 1.11 bits per heavy atom. The largest absolute Gasteiger partial charge is 0.323 e. The van der Waals surface area contributed by atoms with Gasteiger partial charge in [0.1, 0.15) is 5.54 Å². The zero-order valence-electron chi connectivity index (χ0n) is 11.5. The van der Waals surface area contributed by atoms with Crippen LogP contribution in [0.1, 0.15) is 32.1 Å². The Morgan fingerprint density at radius 2 is 1.83 bits per heavy atom. The van der Waals surface area contributed by atoms with Gasteiger partial charge in [-0.05, 0) is 31.3 Å². The number of rotatable bonds is 1. The van der Waals surface area contributed by atoms with Gasteiger partial charge in [-0.15, -0.1) is 0 Å². The Morgan fingerprint density at radius 3 is 2.50 bits per heavy atom. The van der Waals surface area contributed by atoms with Crippen molar-refractivity contribution in [2.24, 2.45) is 0 Å². The molecule has 0 N–H and O–H groups in total. The van der Waals surface area contributed by atoms with Gasteiger partial charge in [-0.3, -0.25) is 9.59 Å². The number of carbonyl (C=O) groups excluding carboxylic acids is 2. The van der Waals surface area contributed by atoms with Crippen molar-refractivity contribution in [3.8, 4) is 0 Å². The van der Waals surface area contributed by atoms with Crippen molar-refractivity contribution >= 4 is 19.8 Å². The molecule has 0 radical (unpaired) electrons. The average molecular weight is 263 g/mol. The van der Waals surface area contributed by atoms with Crippen LogP contribution in [0.15, 0.2) is 10.8 Å². The molecule has 3 rings (SSSR count). The van der Waals surface area contributed by atoms with Crippen molar-refractivity contribution in [2.75, 3.05) is 6.54 Å². The molecule has 0 bridgehead atoms. The highest BCUT2D eigenvalue weighted by Crippen LogP contribution is 2.51. The quantitative estimate of drug-likeness (QED) is 0.681. The van der Waals surface area contributed by atoms with E-state index in [1.807, 2.05) is 4.90 Å². The van der Waals surface area contributed by atoms with Gasteiger partial charge in [-0.2, -0.15) is 0 Å². The summed E-state index contributed by atoms with van der Waals surface area (Å²) in [6.45, 7) is 7.45. The summed E-state index contributed by atoms with van der Waals surface area (Å²) in [6.07, 6.45) is 4.41. The van der Waals surface area contributed by atoms with Gasteiger partial charge in [0.05, 0.1) is 8.07 Å². The number of hydrogen-bond acceptors (Lipinski definition) is 2. The molecule has 1 unspecified atom stereocenters. The number of hydrogen-bond donors (Lipinski definition) is 0. The Hall–Kier alpha value is -0.903. The van der Waals surface area contributed by atoms with E-state index in [4.69, 9.17) is 0 Å². The first-order chi connectivity index (χ1) is 8.39. The molecule has 1 spiro atoms. The maximum absolute atomic E-state index is 12.7. The Bertz CT molecular complexity index is 475. The van der Waals surface area contributed by atoms with E-state index in [2.05, 4.69) is 19.6 Å². The Kier molecular flexibility index (Phi) is 2.40. The maximum Gasteiger partial charge on any atom is 0.246 e. The van der Waals surface area contributed by atoms with Crippen LogP contribution in [0.4, 0.5) is 0 Å². The minimum atomic E-state index is -1.66. The molecule has 2 heterocycles. The summed E-state index contributed by atoms with van der Waals surface area (Å²) in [5, 5.41) is 1.07. The third-order valence-electron chi connectivity index (χ3n) is 4.68. The zero-order valence-corrected chi connectivity index (χ0v) is 12.5. The number of Topliss-reactive ketones (excluding diaryl/α,β-unsaturated/α-hetero) is 1. The Balaban J connectivity index is 2.21. The third-order valence-corrected chi connectivity index (χ3v) is 6.70. The molecule has 0 aromatic carbocycles. The van der Waals surface area contributed by atoms with Crippen LogP contribution < -0.4 is 0 Å². The highest BCUT2D eigenvalue weighted by atomic mass is 28.3. The average Bonchev–Trinajstić information content (AvgIpc) is 2.74. The second-order valence-corrected chi connectivity index (χ2v) is 11.8. The summed E-state index contributed by atoms with van der Waals surface area (Å²) in [5.41, 5.74) is 0.738. The number of piperidine rings is 1. The molecule has 18 heavy (non-hydrogen) atoms. The summed E-state index contributed by atoms with van der Waals surface area (Å²) in [6, 6.07) is 0. The molecule has 3 aliphatic rings. The van der Waals surface area contributed by atoms with Crippen molar-refractivity contribution in [3.05, 3.63) is 10.8 Å². The first kappa shape index (κ1) is 12.1. The second kappa shape index (κ2) is 3.56. The predicted molar refractivity (Wildman–Crippen MR) is 72.9 cm³/mol. The molecule has 0 aromatic rings. The summed E-state index contributed by atoms with van der Waals surface area (Å²) in [4.78, 5) is 27.1. The first-order valence-corrected chi connectivity index (χ1v) is 10.5. The van der Waals surface area contributed by atoms with Crippen LogP contribution in [-0.4, -0.2) is 36.7 Å². The van der Waals surface area contributed by atoms with Gasteiger partial charge in [0.2, 0.25) is 5.91 Å². The lowest BCUT2D eigenvalue weighted by Gasteiger charge is -2.40. The topological polar surface area (TPSA) is 37.4 Å². The van der Waals surface area contributed by atoms with Gasteiger partial charge in [0.15, 0.2) is 5.78 Å². The Labute approximate surface area is 109 Å². The summed E-state index contributed by atoms with van der Waals surface area (Å²) < 4.78 is 0. The van der Waals surface area contributed by atoms with Crippen LogP contribution in [-0.2, 0) is 9.59 Å². The minimum Gasteiger partial charge on any atom is -0.323 e.